The Labute approximate surface area is 149 Å². The Morgan fingerprint density at radius 1 is 1.33 bits per heavy atom. The van der Waals surface area contributed by atoms with E-state index >= 15 is 0 Å². The van der Waals surface area contributed by atoms with Gasteiger partial charge in [-0.3, -0.25) is 0 Å². The van der Waals surface area contributed by atoms with E-state index in [1.807, 2.05) is 0 Å². The maximum atomic E-state index is 5.02. The third-order valence-electron chi connectivity index (χ3n) is 6.75. The normalized spacial score (nSPS) is 33.5. The van der Waals surface area contributed by atoms with E-state index in [2.05, 4.69) is 72.8 Å². The molecular weight excluding hydrogens is 312 g/mol. The number of thiocarbonyl (C=S) groups is 1. The van der Waals surface area contributed by atoms with E-state index in [4.69, 9.17) is 12.2 Å². The second-order valence-corrected chi connectivity index (χ2v) is 8.41. The van der Waals surface area contributed by atoms with Crippen LogP contribution in [0.2, 0.25) is 0 Å². The van der Waals surface area contributed by atoms with Crippen LogP contribution in [0.15, 0.2) is 41.9 Å². The lowest BCUT2D eigenvalue weighted by atomic mass is 9.59. The average Bonchev–Trinajstić information content (AvgIpc) is 3.05. The molecule has 1 aromatic heterocycles. The van der Waals surface area contributed by atoms with Crippen LogP contribution < -0.4 is 0 Å². The molecule has 1 N–H and O–H groups in total. The average molecular weight is 337 g/mol. The second kappa shape index (κ2) is 5.15. The van der Waals surface area contributed by atoms with Gasteiger partial charge < -0.3 is 4.98 Å². The molecular formula is C21H24N2S. The zero-order valence-corrected chi connectivity index (χ0v) is 15.4. The van der Waals surface area contributed by atoms with Crippen LogP contribution >= 0.6 is 12.2 Å². The summed E-state index contributed by atoms with van der Waals surface area (Å²) < 4.78 is 0. The zero-order chi connectivity index (χ0) is 17.1. The monoisotopic (exact) mass is 336 g/mol. The standard InChI is InChI=1S/C21H24N2S/c1-5-21(4)11-10-14-17(19(21)22-12-24)16-13-8-6-7-9-15(13)23-18(16)20(14,2)3/h5-9,14,17,19,23H,1,10-11H2,2-4H3. The Hall–Kier alpha value is -1.70. The number of para-hydroxylation sites is 1. The molecule has 0 radical (unpaired) electrons. The van der Waals surface area contributed by atoms with E-state index in [-0.39, 0.29) is 16.9 Å². The van der Waals surface area contributed by atoms with Gasteiger partial charge in [0.2, 0.25) is 0 Å². The van der Waals surface area contributed by atoms with Crippen molar-refractivity contribution < 1.29 is 0 Å². The van der Waals surface area contributed by atoms with E-state index in [9.17, 15) is 0 Å². The molecule has 124 valence electrons. The fourth-order valence-corrected chi connectivity index (χ4v) is 5.42. The van der Waals surface area contributed by atoms with Gasteiger partial charge in [0, 0.05) is 33.3 Å². The summed E-state index contributed by atoms with van der Waals surface area (Å²) in [6.45, 7) is 11.1. The summed E-state index contributed by atoms with van der Waals surface area (Å²) in [7, 11) is 0. The molecule has 1 fully saturated rings. The fourth-order valence-electron chi connectivity index (χ4n) is 5.30. The highest BCUT2D eigenvalue weighted by atomic mass is 32.1. The van der Waals surface area contributed by atoms with E-state index in [0.29, 0.717) is 11.8 Å². The van der Waals surface area contributed by atoms with Crippen molar-refractivity contribution in [2.24, 2.45) is 16.3 Å². The number of hydrogen-bond acceptors (Lipinski definition) is 2. The van der Waals surface area contributed by atoms with Crippen LogP contribution in [0.25, 0.3) is 10.9 Å². The summed E-state index contributed by atoms with van der Waals surface area (Å²) in [6, 6.07) is 8.75. The highest BCUT2D eigenvalue weighted by Gasteiger charge is 2.57. The van der Waals surface area contributed by atoms with Crippen LogP contribution in [0, 0.1) is 11.3 Å². The van der Waals surface area contributed by atoms with Crippen molar-refractivity contribution in [3.8, 4) is 0 Å². The van der Waals surface area contributed by atoms with Crippen LogP contribution in [0.4, 0.5) is 0 Å². The number of fused-ring (bicyclic) bond motifs is 5. The lowest BCUT2D eigenvalue weighted by Crippen LogP contribution is -2.44. The van der Waals surface area contributed by atoms with Gasteiger partial charge in [-0.1, -0.05) is 45.0 Å². The van der Waals surface area contributed by atoms with E-state index in [0.717, 1.165) is 6.42 Å². The minimum absolute atomic E-state index is 0.0248. The maximum Gasteiger partial charge on any atom is 0.0762 e. The van der Waals surface area contributed by atoms with Gasteiger partial charge in [-0.15, -0.1) is 6.58 Å². The predicted octanol–water partition coefficient (Wildman–Crippen LogP) is 5.62. The second-order valence-electron chi connectivity index (χ2n) is 8.23. The highest BCUT2D eigenvalue weighted by Crippen LogP contribution is 2.62. The van der Waals surface area contributed by atoms with Crippen molar-refractivity contribution in [1.82, 2.24) is 4.98 Å². The van der Waals surface area contributed by atoms with Crippen molar-refractivity contribution in [2.75, 3.05) is 0 Å². The van der Waals surface area contributed by atoms with Gasteiger partial charge in [-0.2, -0.15) is 0 Å². The number of hydrogen-bond donors (Lipinski definition) is 1. The molecule has 2 nitrogen and oxygen atoms in total. The summed E-state index contributed by atoms with van der Waals surface area (Å²) in [6.07, 6.45) is 4.39. The number of aromatic amines is 1. The number of rotatable bonds is 2. The molecule has 0 aliphatic heterocycles. The number of nitrogens with one attached hydrogen (secondary N) is 1. The van der Waals surface area contributed by atoms with Crippen molar-refractivity contribution in [3.63, 3.8) is 0 Å². The number of aromatic nitrogens is 1. The summed E-state index contributed by atoms with van der Waals surface area (Å²) in [5, 5.41) is 4.03. The first-order chi connectivity index (χ1) is 11.4. The Morgan fingerprint density at radius 2 is 2.08 bits per heavy atom. The van der Waals surface area contributed by atoms with Gasteiger partial charge in [-0.05, 0) is 42.6 Å². The Kier molecular flexibility index (Phi) is 3.39. The number of benzene rings is 1. The highest BCUT2D eigenvalue weighted by molar-refractivity contribution is 7.78. The van der Waals surface area contributed by atoms with Crippen molar-refractivity contribution in [3.05, 3.63) is 48.2 Å². The summed E-state index contributed by atoms with van der Waals surface area (Å²) in [5.41, 5.74) is 4.16. The quantitative estimate of drug-likeness (QED) is 0.430. The molecule has 4 atom stereocenters. The largest absolute Gasteiger partial charge is 0.358 e. The molecule has 3 heteroatoms. The molecule has 0 amide bonds. The first-order valence-electron chi connectivity index (χ1n) is 8.75. The van der Waals surface area contributed by atoms with Crippen LogP contribution in [-0.4, -0.2) is 16.2 Å². The Balaban J connectivity index is 2.00. The summed E-state index contributed by atoms with van der Waals surface area (Å²) in [5.74, 6) is 0.951. The molecule has 2 aliphatic rings. The number of isothiocyanates is 1. The van der Waals surface area contributed by atoms with E-state index in [1.165, 1.54) is 28.6 Å². The van der Waals surface area contributed by atoms with Gasteiger partial charge in [0.25, 0.3) is 0 Å². The number of nitrogens with zero attached hydrogens (tertiary/aromatic N) is 1. The van der Waals surface area contributed by atoms with Crippen LogP contribution in [0.5, 0.6) is 0 Å². The lowest BCUT2D eigenvalue weighted by Gasteiger charge is -2.46. The molecule has 1 aromatic carbocycles. The molecule has 2 aliphatic carbocycles. The van der Waals surface area contributed by atoms with Gasteiger partial charge in [0.15, 0.2) is 0 Å². The molecule has 0 spiro atoms. The SMILES string of the molecule is C=CC1(C)CCC2C(c3c([nH]c4ccccc34)C2(C)C)C1N=C=S. The third-order valence-corrected chi connectivity index (χ3v) is 6.86. The molecule has 1 saturated carbocycles. The van der Waals surface area contributed by atoms with Crippen molar-refractivity contribution >= 4 is 28.3 Å². The molecule has 24 heavy (non-hydrogen) atoms. The minimum atomic E-state index is -0.0248. The van der Waals surface area contributed by atoms with Crippen molar-refractivity contribution in [1.29, 1.82) is 0 Å². The van der Waals surface area contributed by atoms with Crippen LogP contribution in [0.3, 0.4) is 0 Å². The molecule has 4 rings (SSSR count). The summed E-state index contributed by atoms with van der Waals surface area (Å²) >= 11 is 5.02. The molecule has 2 aromatic rings. The first-order valence-corrected chi connectivity index (χ1v) is 9.16. The van der Waals surface area contributed by atoms with Gasteiger partial charge in [-0.25, -0.2) is 4.99 Å². The van der Waals surface area contributed by atoms with Gasteiger partial charge in [0.1, 0.15) is 0 Å². The molecule has 1 heterocycles. The predicted molar refractivity (Wildman–Crippen MR) is 104 cm³/mol. The molecule has 4 unspecified atom stereocenters. The van der Waals surface area contributed by atoms with Crippen LogP contribution in [0.1, 0.15) is 50.8 Å². The number of aliphatic imine (C=N–C) groups is 1. The number of H-pyrrole nitrogens is 1. The van der Waals surface area contributed by atoms with Gasteiger partial charge in [0.05, 0.1) is 11.2 Å². The topological polar surface area (TPSA) is 28.1 Å². The molecule has 0 saturated heterocycles. The third kappa shape index (κ3) is 1.89. The fraction of sp³-hybridized carbons (Fsp3) is 0.476. The summed E-state index contributed by atoms with van der Waals surface area (Å²) in [4.78, 5) is 8.40. The zero-order valence-electron chi connectivity index (χ0n) is 14.6. The Bertz CT molecular complexity index is 871. The van der Waals surface area contributed by atoms with E-state index in [1.54, 1.807) is 0 Å². The lowest BCUT2D eigenvalue weighted by molar-refractivity contribution is 0.126. The Morgan fingerprint density at radius 3 is 2.79 bits per heavy atom. The van der Waals surface area contributed by atoms with Crippen LogP contribution in [-0.2, 0) is 5.41 Å². The smallest absolute Gasteiger partial charge is 0.0762 e. The van der Waals surface area contributed by atoms with Crippen molar-refractivity contribution in [2.45, 2.75) is 51.0 Å². The molecule has 0 bridgehead atoms. The van der Waals surface area contributed by atoms with E-state index < -0.39 is 0 Å². The van der Waals surface area contributed by atoms with Gasteiger partial charge >= 0.3 is 0 Å². The minimum Gasteiger partial charge on any atom is -0.358 e. The maximum absolute atomic E-state index is 5.02. The first kappa shape index (κ1) is 15.8.